The molecule has 0 amide bonds. The van der Waals surface area contributed by atoms with Crippen molar-refractivity contribution in [3.05, 3.63) is 67.6 Å². The van der Waals surface area contributed by atoms with Gasteiger partial charge in [-0.05, 0) is 48.2 Å². The molecule has 18 heavy (non-hydrogen) atoms. The molecule has 0 heterocycles. The Morgan fingerprint density at radius 2 is 1.44 bits per heavy atom. The first-order chi connectivity index (χ1) is 8.56. The van der Waals surface area contributed by atoms with Crippen LogP contribution in [0.15, 0.2) is 36.4 Å². The van der Waals surface area contributed by atoms with Crippen molar-refractivity contribution in [2.24, 2.45) is 0 Å². The minimum atomic E-state index is 0.574. The van der Waals surface area contributed by atoms with Crippen molar-refractivity contribution in [1.29, 1.82) is 0 Å². The number of aryl methyl sites for hydroxylation is 2. The predicted octanol–water partition coefficient (Wildman–Crippen LogP) is 6.09. The van der Waals surface area contributed by atoms with Gasteiger partial charge in [-0.1, -0.05) is 58.5 Å². The van der Waals surface area contributed by atoms with Crippen LogP contribution in [0.1, 0.15) is 11.1 Å². The molecule has 0 aliphatic rings. The van der Waals surface area contributed by atoms with Crippen LogP contribution in [-0.4, -0.2) is 0 Å². The van der Waals surface area contributed by atoms with Gasteiger partial charge in [0.05, 0.1) is 10.0 Å². The van der Waals surface area contributed by atoms with Crippen molar-refractivity contribution < 1.29 is 0 Å². The van der Waals surface area contributed by atoms with E-state index in [9.17, 15) is 0 Å². The van der Waals surface area contributed by atoms with Gasteiger partial charge in [-0.25, -0.2) is 0 Å². The monoisotopic (exact) mass is 318 g/mol. The highest BCUT2D eigenvalue weighted by Gasteiger charge is 2.04. The van der Waals surface area contributed by atoms with Crippen molar-refractivity contribution in [2.75, 3.05) is 0 Å². The largest absolute Gasteiger partial charge is 0.0843 e. The first-order valence-electron chi connectivity index (χ1n) is 5.44. The standard InChI is InChI=1S/C14H10Cl4/c15-11-5-4-10(13(17)8-11)3-1-9-2-6-12(16)14(18)7-9/h2,4-8H,1,3H2. The van der Waals surface area contributed by atoms with E-state index in [0.29, 0.717) is 20.1 Å². The maximum atomic E-state index is 6.12. The zero-order valence-electron chi connectivity index (χ0n) is 9.39. The fourth-order valence-corrected chi connectivity index (χ4v) is 2.52. The van der Waals surface area contributed by atoms with Crippen LogP contribution < -0.4 is 0 Å². The summed E-state index contributed by atoms with van der Waals surface area (Å²) in [4.78, 5) is 0. The molecule has 2 rings (SSSR count). The third-order valence-electron chi connectivity index (χ3n) is 2.68. The molecule has 0 unspecified atom stereocenters. The van der Waals surface area contributed by atoms with Gasteiger partial charge in [-0.2, -0.15) is 0 Å². The summed E-state index contributed by atoms with van der Waals surface area (Å²) in [6, 6.07) is 11.2. The van der Waals surface area contributed by atoms with Gasteiger partial charge >= 0.3 is 0 Å². The molecule has 0 spiro atoms. The number of hydrogen-bond acceptors (Lipinski definition) is 0. The SMILES string of the molecule is Clc1ccc(CCc2ccc(Cl)c(Cl)c2)c(Cl)c1. The second kappa shape index (κ2) is 6.16. The zero-order valence-corrected chi connectivity index (χ0v) is 12.4. The maximum absolute atomic E-state index is 6.12. The summed E-state index contributed by atoms with van der Waals surface area (Å²) in [5.41, 5.74) is 2.21. The summed E-state index contributed by atoms with van der Waals surface area (Å²) in [7, 11) is 0. The third-order valence-corrected chi connectivity index (χ3v) is 4.01. The van der Waals surface area contributed by atoms with Crippen molar-refractivity contribution in [3.63, 3.8) is 0 Å². The van der Waals surface area contributed by atoms with E-state index in [0.717, 1.165) is 24.0 Å². The van der Waals surface area contributed by atoms with Crippen molar-refractivity contribution in [1.82, 2.24) is 0 Å². The molecule has 0 bridgehead atoms. The van der Waals surface area contributed by atoms with E-state index in [-0.39, 0.29) is 0 Å². The molecule has 0 radical (unpaired) electrons. The number of rotatable bonds is 3. The summed E-state index contributed by atoms with van der Waals surface area (Å²) >= 11 is 23.8. The summed E-state index contributed by atoms with van der Waals surface area (Å²) in [6.45, 7) is 0. The van der Waals surface area contributed by atoms with E-state index in [1.807, 2.05) is 30.3 Å². The molecule has 0 fully saturated rings. The van der Waals surface area contributed by atoms with Crippen LogP contribution in [0.5, 0.6) is 0 Å². The molecule has 0 nitrogen and oxygen atoms in total. The molecule has 0 saturated heterocycles. The van der Waals surface area contributed by atoms with Crippen LogP contribution >= 0.6 is 46.4 Å². The van der Waals surface area contributed by atoms with Gasteiger partial charge in [0.15, 0.2) is 0 Å². The first-order valence-corrected chi connectivity index (χ1v) is 6.95. The lowest BCUT2D eigenvalue weighted by atomic mass is 10.0. The van der Waals surface area contributed by atoms with Gasteiger partial charge in [0, 0.05) is 10.0 Å². The molecule has 0 aliphatic carbocycles. The predicted molar refractivity (Wildman–Crippen MR) is 80.3 cm³/mol. The Hall–Kier alpha value is -0.400. The Morgan fingerprint density at radius 3 is 2.11 bits per heavy atom. The number of hydrogen-bond donors (Lipinski definition) is 0. The van der Waals surface area contributed by atoms with Gasteiger partial charge in [0.1, 0.15) is 0 Å². The Balaban J connectivity index is 2.09. The van der Waals surface area contributed by atoms with Gasteiger partial charge in [0.2, 0.25) is 0 Å². The van der Waals surface area contributed by atoms with Gasteiger partial charge in [-0.15, -0.1) is 0 Å². The molecule has 2 aromatic carbocycles. The molecule has 4 heteroatoms. The highest BCUT2D eigenvalue weighted by molar-refractivity contribution is 6.42. The molecule has 0 N–H and O–H groups in total. The topological polar surface area (TPSA) is 0 Å². The average Bonchev–Trinajstić information content (AvgIpc) is 2.32. The molecule has 0 aliphatic heterocycles. The van der Waals surface area contributed by atoms with Crippen molar-refractivity contribution in [2.45, 2.75) is 12.8 Å². The quantitative estimate of drug-likeness (QED) is 0.642. The van der Waals surface area contributed by atoms with Crippen LogP contribution in [0.4, 0.5) is 0 Å². The third kappa shape index (κ3) is 3.55. The molecular formula is C14H10Cl4. The number of benzene rings is 2. The van der Waals surface area contributed by atoms with Crippen molar-refractivity contribution in [3.8, 4) is 0 Å². The Morgan fingerprint density at radius 1 is 0.667 bits per heavy atom. The second-order valence-corrected chi connectivity index (χ2v) is 5.64. The summed E-state index contributed by atoms with van der Waals surface area (Å²) in [6.07, 6.45) is 1.70. The van der Waals surface area contributed by atoms with E-state index >= 15 is 0 Å². The highest BCUT2D eigenvalue weighted by Crippen LogP contribution is 2.25. The van der Waals surface area contributed by atoms with E-state index in [1.165, 1.54) is 0 Å². The summed E-state index contributed by atoms with van der Waals surface area (Å²) < 4.78 is 0. The zero-order chi connectivity index (χ0) is 13.1. The minimum absolute atomic E-state index is 0.574. The van der Waals surface area contributed by atoms with E-state index in [4.69, 9.17) is 46.4 Å². The molecule has 0 saturated carbocycles. The molecule has 2 aromatic rings. The van der Waals surface area contributed by atoms with Crippen LogP contribution in [0.2, 0.25) is 20.1 Å². The van der Waals surface area contributed by atoms with Crippen LogP contribution in [-0.2, 0) is 12.8 Å². The summed E-state index contributed by atoms with van der Waals surface area (Å²) in [5.74, 6) is 0. The van der Waals surface area contributed by atoms with Crippen LogP contribution in [0.3, 0.4) is 0 Å². The average molecular weight is 320 g/mol. The maximum Gasteiger partial charge on any atom is 0.0595 e. The molecular weight excluding hydrogens is 310 g/mol. The van der Waals surface area contributed by atoms with E-state index < -0.39 is 0 Å². The minimum Gasteiger partial charge on any atom is -0.0843 e. The lowest BCUT2D eigenvalue weighted by Crippen LogP contribution is -1.92. The second-order valence-electron chi connectivity index (χ2n) is 3.98. The first kappa shape index (κ1) is 14.0. The van der Waals surface area contributed by atoms with Gasteiger partial charge in [0.25, 0.3) is 0 Å². The van der Waals surface area contributed by atoms with Crippen LogP contribution in [0.25, 0.3) is 0 Å². The van der Waals surface area contributed by atoms with Crippen molar-refractivity contribution >= 4 is 46.4 Å². The Bertz CT molecular complexity index is 564. The van der Waals surface area contributed by atoms with Gasteiger partial charge < -0.3 is 0 Å². The Kier molecular flexibility index (Phi) is 4.80. The van der Waals surface area contributed by atoms with Gasteiger partial charge in [-0.3, -0.25) is 0 Å². The molecule has 0 aromatic heterocycles. The smallest absolute Gasteiger partial charge is 0.0595 e. The van der Waals surface area contributed by atoms with Crippen LogP contribution in [0, 0.1) is 0 Å². The molecule has 94 valence electrons. The fourth-order valence-electron chi connectivity index (χ4n) is 1.70. The lowest BCUT2D eigenvalue weighted by molar-refractivity contribution is 0.960. The normalized spacial score (nSPS) is 10.7. The fraction of sp³-hybridized carbons (Fsp3) is 0.143. The molecule has 0 atom stereocenters. The van der Waals surface area contributed by atoms with E-state index in [2.05, 4.69) is 0 Å². The number of halogens is 4. The van der Waals surface area contributed by atoms with E-state index in [1.54, 1.807) is 6.07 Å². The Labute approximate surface area is 126 Å². The summed E-state index contributed by atoms with van der Waals surface area (Å²) in [5, 5.41) is 2.50. The highest BCUT2D eigenvalue weighted by atomic mass is 35.5. The lowest BCUT2D eigenvalue weighted by Gasteiger charge is -2.06.